The highest BCUT2D eigenvalue weighted by Crippen LogP contribution is 2.33. The Morgan fingerprint density at radius 3 is 2.90 bits per heavy atom. The minimum Gasteiger partial charge on any atom is -0.461 e. The Hall–Kier alpha value is -2.98. The number of halogens is 2. The first-order chi connectivity index (χ1) is 14.8. The molecule has 0 unspecified atom stereocenters. The van der Waals surface area contributed by atoms with Crippen LogP contribution < -0.4 is 4.74 Å². The molecule has 162 valence electrons. The summed E-state index contributed by atoms with van der Waals surface area (Å²) >= 11 is 6.36. The van der Waals surface area contributed by atoms with E-state index in [2.05, 4.69) is 9.97 Å². The van der Waals surface area contributed by atoms with Gasteiger partial charge in [-0.25, -0.2) is 4.98 Å². The molecule has 0 aliphatic carbocycles. The van der Waals surface area contributed by atoms with Gasteiger partial charge in [-0.05, 0) is 60.5 Å². The second-order valence-electron chi connectivity index (χ2n) is 6.44. The Morgan fingerprint density at radius 1 is 1.39 bits per heavy atom. The topological polar surface area (TPSA) is 98.7 Å². The van der Waals surface area contributed by atoms with Crippen molar-refractivity contribution in [2.75, 3.05) is 6.54 Å². The van der Waals surface area contributed by atoms with Crippen LogP contribution in [0.5, 0.6) is 11.6 Å². The SMILES string of the molecule is CC[C@@H](C)OC(=O)CN1C(=O)S/C(=C/c2cccc(Oc3nc(Cl)ncc3F)c2)C1=O. The second-order valence-corrected chi connectivity index (χ2v) is 7.77. The van der Waals surface area contributed by atoms with Crippen molar-refractivity contribution in [2.45, 2.75) is 26.4 Å². The van der Waals surface area contributed by atoms with Crippen LogP contribution in [0, 0.1) is 5.82 Å². The molecule has 0 radical (unpaired) electrons. The minimum atomic E-state index is -0.791. The molecule has 1 saturated heterocycles. The number of esters is 1. The number of aromatic nitrogens is 2. The van der Waals surface area contributed by atoms with Gasteiger partial charge in [0.15, 0.2) is 0 Å². The maximum absolute atomic E-state index is 13.8. The summed E-state index contributed by atoms with van der Waals surface area (Å²) in [6, 6.07) is 6.38. The van der Waals surface area contributed by atoms with Crippen LogP contribution in [0.4, 0.5) is 9.18 Å². The lowest BCUT2D eigenvalue weighted by atomic mass is 10.2. The number of carbonyl (C=O) groups excluding carboxylic acids is 3. The minimum absolute atomic E-state index is 0.134. The van der Waals surface area contributed by atoms with E-state index in [0.29, 0.717) is 23.7 Å². The zero-order valence-electron chi connectivity index (χ0n) is 16.5. The van der Waals surface area contributed by atoms with E-state index < -0.39 is 29.5 Å². The normalized spacial score (nSPS) is 16.0. The molecule has 1 fully saturated rings. The van der Waals surface area contributed by atoms with Crippen LogP contribution in [0.15, 0.2) is 35.4 Å². The van der Waals surface area contributed by atoms with Crippen molar-refractivity contribution < 1.29 is 28.2 Å². The molecule has 2 aromatic rings. The Kier molecular flexibility index (Phi) is 7.24. The maximum atomic E-state index is 13.8. The predicted octanol–water partition coefficient (Wildman–Crippen LogP) is 4.44. The first-order valence-electron chi connectivity index (χ1n) is 9.17. The second kappa shape index (κ2) is 9.88. The van der Waals surface area contributed by atoms with Gasteiger partial charge in [0.05, 0.1) is 17.2 Å². The van der Waals surface area contributed by atoms with Gasteiger partial charge in [-0.1, -0.05) is 19.1 Å². The first kappa shape index (κ1) is 22.7. The molecule has 0 saturated carbocycles. The number of benzene rings is 1. The number of thioether (sulfide) groups is 1. The number of carbonyl (C=O) groups is 3. The molecule has 0 bridgehead atoms. The Labute approximate surface area is 186 Å². The summed E-state index contributed by atoms with van der Waals surface area (Å²) in [7, 11) is 0. The number of rotatable bonds is 7. The molecular formula is C20H17ClFN3O5S. The maximum Gasteiger partial charge on any atom is 0.326 e. The fraction of sp³-hybridized carbons (Fsp3) is 0.250. The van der Waals surface area contributed by atoms with Gasteiger partial charge in [0.2, 0.25) is 11.1 Å². The zero-order valence-corrected chi connectivity index (χ0v) is 18.1. The standard InChI is InChI=1S/C20H17ClFN3O5S/c1-3-11(2)29-16(26)10-25-18(27)15(31-20(25)28)8-12-5-4-6-13(7-12)30-17-14(22)9-23-19(21)24-17/h4-9,11H,3,10H2,1-2H3/b15-8+/t11-/m1/s1. The van der Waals surface area contributed by atoms with Crippen LogP contribution in [-0.2, 0) is 14.3 Å². The van der Waals surface area contributed by atoms with Gasteiger partial charge in [0.25, 0.3) is 17.0 Å². The lowest BCUT2D eigenvalue weighted by Gasteiger charge is -2.14. The van der Waals surface area contributed by atoms with Crippen molar-refractivity contribution in [2.24, 2.45) is 0 Å². The largest absolute Gasteiger partial charge is 0.461 e. The summed E-state index contributed by atoms with van der Waals surface area (Å²) in [6.45, 7) is 3.12. The van der Waals surface area contributed by atoms with E-state index >= 15 is 0 Å². The van der Waals surface area contributed by atoms with E-state index in [0.717, 1.165) is 11.1 Å². The van der Waals surface area contributed by atoms with E-state index in [1.807, 2.05) is 6.92 Å². The predicted molar refractivity (Wildman–Crippen MR) is 112 cm³/mol. The molecule has 0 spiro atoms. The molecule has 31 heavy (non-hydrogen) atoms. The fourth-order valence-electron chi connectivity index (χ4n) is 2.44. The van der Waals surface area contributed by atoms with Crippen molar-refractivity contribution >= 4 is 46.6 Å². The van der Waals surface area contributed by atoms with Crippen LogP contribution in [-0.4, -0.2) is 44.6 Å². The summed E-state index contributed by atoms with van der Waals surface area (Å²) in [4.78, 5) is 44.8. The molecule has 8 nitrogen and oxygen atoms in total. The average molecular weight is 466 g/mol. The quantitative estimate of drug-likeness (QED) is 0.336. The van der Waals surface area contributed by atoms with Gasteiger partial charge in [0, 0.05) is 0 Å². The highest BCUT2D eigenvalue weighted by molar-refractivity contribution is 8.18. The van der Waals surface area contributed by atoms with Gasteiger partial charge in [-0.15, -0.1) is 0 Å². The van der Waals surface area contributed by atoms with E-state index in [1.54, 1.807) is 25.1 Å². The highest BCUT2D eigenvalue weighted by atomic mass is 35.5. The van der Waals surface area contributed by atoms with Crippen molar-refractivity contribution in [1.29, 1.82) is 0 Å². The van der Waals surface area contributed by atoms with Crippen LogP contribution >= 0.6 is 23.4 Å². The van der Waals surface area contributed by atoms with Gasteiger partial charge in [0.1, 0.15) is 12.3 Å². The third kappa shape index (κ3) is 5.80. The Bertz CT molecular complexity index is 1060. The lowest BCUT2D eigenvalue weighted by Crippen LogP contribution is -2.35. The molecule has 11 heteroatoms. The molecule has 1 aromatic heterocycles. The van der Waals surface area contributed by atoms with Crippen molar-refractivity contribution in [3.63, 3.8) is 0 Å². The van der Waals surface area contributed by atoms with E-state index in [1.165, 1.54) is 12.1 Å². The number of ether oxygens (including phenoxy) is 2. The molecule has 0 N–H and O–H groups in total. The van der Waals surface area contributed by atoms with Gasteiger partial charge >= 0.3 is 5.97 Å². The molecule has 1 aliphatic rings. The monoisotopic (exact) mass is 465 g/mol. The van der Waals surface area contributed by atoms with Crippen LogP contribution in [0.25, 0.3) is 6.08 Å². The van der Waals surface area contributed by atoms with Gasteiger partial charge in [-0.2, -0.15) is 9.37 Å². The fourth-order valence-corrected chi connectivity index (χ4v) is 3.41. The summed E-state index contributed by atoms with van der Waals surface area (Å²) < 4.78 is 24.3. The van der Waals surface area contributed by atoms with Crippen LogP contribution in [0.3, 0.4) is 0 Å². The third-order valence-corrected chi connectivity index (χ3v) is 5.21. The lowest BCUT2D eigenvalue weighted by molar-refractivity contribution is -0.150. The van der Waals surface area contributed by atoms with Gasteiger partial charge in [-0.3, -0.25) is 19.3 Å². The van der Waals surface area contributed by atoms with E-state index in [9.17, 15) is 18.8 Å². The molecule has 1 aliphatic heterocycles. The summed E-state index contributed by atoms with van der Waals surface area (Å²) in [5, 5.41) is -0.740. The molecule has 1 aromatic carbocycles. The Morgan fingerprint density at radius 2 is 2.16 bits per heavy atom. The van der Waals surface area contributed by atoms with Crippen LogP contribution in [0.1, 0.15) is 25.8 Å². The smallest absolute Gasteiger partial charge is 0.326 e. The van der Waals surface area contributed by atoms with Gasteiger partial charge < -0.3 is 9.47 Å². The summed E-state index contributed by atoms with van der Waals surface area (Å²) in [5.74, 6) is -2.16. The number of nitrogens with zero attached hydrogens (tertiary/aromatic N) is 3. The van der Waals surface area contributed by atoms with E-state index in [4.69, 9.17) is 21.1 Å². The zero-order chi connectivity index (χ0) is 22.5. The molecule has 1 atom stereocenters. The number of hydrogen-bond donors (Lipinski definition) is 0. The number of imide groups is 1. The molecule has 2 heterocycles. The van der Waals surface area contributed by atoms with Crippen molar-refractivity contribution in [1.82, 2.24) is 14.9 Å². The summed E-state index contributed by atoms with van der Waals surface area (Å²) in [5.41, 5.74) is 0.519. The highest BCUT2D eigenvalue weighted by Gasteiger charge is 2.36. The van der Waals surface area contributed by atoms with Crippen LogP contribution in [0.2, 0.25) is 5.28 Å². The average Bonchev–Trinajstić information content (AvgIpc) is 2.98. The molecule has 2 amide bonds. The van der Waals surface area contributed by atoms with Crippen molar-refractivity contribution in [3.8, 4) is 11.6 Å². The van der Waals surface area contributed by atoms with Crippen molar-refractivity contribution in [3.05, 3.63) is 52.0 Å². The van der Waals surface area contributed by atoms with E-state index in [-0.39, 0.29) is 27.9 Å². The third-order valence-electron chi connectivity index (χ3n) is 4.12. The number of hydrogen-bond acceptors (Lipinski definition) is 8. The molecular weight excluding hydrogens is 449 g/mol. The first-order valence-corrected chi connectivity index (χ1v) is 10.4. The Balaban J connectivity index is 1.74. The molecule has 3 rings (SSSR count). The number of amides is 2. The summed E-state index contributed by atoms with van der Waals surface area (Å²) in [6.07, 6.45) is 2.68.